The molecule has 1 aromatic heterocycles. The Balaban J connectivity index is 2.06. The van der Waals surface area contributed by atoms with Gasteiger partial charge in [-0.1, -0.05) is 6.07 Å². The van der Waals surface area contributed by atoms with Crippen LogP contribution in [0.3, 0.4) is 0 Å². The molecule has 0 fully saturated rings. The van der Waals surface area contributed by atoms with Crippen LogP contribution in [0.2, 0.25) is 0 Å². The summed E-state index contributed by atoms with van der Waals surface area (Å²) in [7, 11) is 0. The number of aliphatic hydroxyl groups is 1. The number of hydrogen-bond acceptors (Lipinski definition) is 3. The van der Waals surface area contributed by atoms with Gasteiger partial charge in [-0.2, -0.15) is 0 Å². The Morgan fingerprint density at radius 2 is 2.12 bits per heavy atom. The minimum atomic E-state index is -0.419. The number of aliphatic hydroxyl groups excluding tert-OH is 1. The van der Waals surface area contributed by atoms with Gasteiger partial charge >= 0.3 is 0 Å². The molecule has 0 saturated heterocycles. The van der Waals surface area contributed by atoms with Crippen molar-refractivity contribution >= 4 is 0 Å². The first-order valence-electron chi connectivity index (χ1n) is 5.20. The molecule has 0 aliphatic rings. The summed E-state index contributed by atoms with van der Waals surface area (Å²) in [6, 6.07) is 7.86. The van der Waals surface area contributed by atoms with Crippen LogP contribution in [-0.2, 0) is 13.2 Å². The van der Waals surface area contributed by atoms with Crippen LogP contribution in [-0.4, -0.2) is 10.1 Å². The van der Waals surface area contributed by atoms with Gasteiger partial charge in [0, 0.05) is 24.0 Å². The van der Waals surface area contributed by atoms with Crippen LogP contribution in [0.4, 0.5) is 4.39 Å². The molecule has 0 saturated carbocycles. The van der Waals surface area contributed by atoms with Gasteiger partial charge in [-0.15, -0.1) is 0 Å². The summed E-state index contributed by atoms with van der Waals surface area (Å²) in [4.78, 5) is 3.95. The van der Waals surface area contributed by atoms with Gasteiger partial charge in [0.25, 0.3) is 0 Å². The Bertz CT molecular complexity index is 488. The first-order valence-corrected chi connectivity index (χ1v) is 5.20. The van der Waals surface area contributed by atoms with Crippen molar-refractivity contribution in [2.45, 2.75) is 13.2 Å². The summed E-state index contributed by atoms with van der Waals surface area (Å²) in [6.07, 6.45) is 3.36. The average Bonchev–Trinajstić information content (AvgIpc) is 2.37. The number of pyridine rings is 1. The predicted octanol–water partition coefficient (Wildman–Crippen LogP) is 2.29. The maximum absolute atomic E-state index is 13.1. The third kappa shape index (κ3) is 3.26. The van der Waals surface area contributed by atoms with E-state index in [0.29, 0.717) is 17.9 Å². The summed E-state index contributed by atoms with van der Waals surface area (Å²) >= 11 is 0. The largest absolute Gasteiger partial charge is 0.489 e. The third-order valence-corrected chi connectivity index (χ3v) is 2.24. The highest BCUT2D eigenvalue weighted by atomic mass is 19.1. The van der Waals surface area contributed by atoms with E-state index in [0.717, 1.165) is 5.56 Å². The highest BCUT2D eigenvalue weighted by Crippen LogP contribution is 2.17. The monoisotopic (exact) mass is 233 g/mol. The Morgan fingerprint density at radius 3 is 2.82 bits per heavy atom. The maximum atomic E-state index is 13.1. The lowest BCUT2D eigenvalue weighted by atomic mass is 10.2. The normalized spacial score (nSPS) is 10.2. The van der Waals surface area contributed by atoms with E-state index in [-0.39, 0.29) is 6.61 Å². The highest BCUT2D eigenvalue weighted by Gasteiger charge is 2.01. The van der Waals surface area contributed by atoms with Crippen LogP contribution in [0, 0.1) is 5.82 Å². The zero-order chi connectivity index (χ0) is 12.1. The van der Waals surface area contributed by atoms with E-state index in [1.807, 2.05) is 12.1 Å². The van der Waals surface area contributed by atoms with Crippen molar-refractivity contribution in [3.05, 3.63) is 59.7 Å². The second kappa shape index (κ2) is 5.41. The van der Waals surface area contributed by atoms with Crippen molar-refractivity contribution in [2.24, 2.45) is 0 Å². The van der Waals surface area contributed by atoms with Crippen molar-refractivity contribution in [2.75, 3.05) is 0 Å². The van der Waals surface area contributed by atoms with Gasteiger partial charge in [0.15, 0.2) is 0 Å². The van der Waals surface area contributed by atoms with Gasteiger partial charge in [0.1, 0.15) is 18.2 Å². The SMILES string of the molecule is OCc1cc(F)cc(OCc2cccnc2)c1. The molecule has 0 atom stereocenters. The molecule has 2 aromatic rings. The standard InChI is InChI=1S/C13H12FNO2/c14-12-4-11(8-16)5-13(6-12)17-9-10-2-1-3-15-7-10/h1-7,16H,8-9H2. The molecular weight excluding hydrogens is 221 g/mol. The molecule has 0 radical (unpaired) electrons. The van der Waals surface area contributed by atoms with E-state index in [9.17, 15) is 4.39 Å². The predicted molar refractivity (Wildman–Crippen MR) is 60.9 cm³/mol. The van der Waals surface area contributed by atoms with Crippen molar-refractivity contribution in [3.63, 3.8) is 0 Å². The molecule has 0 amide bonds. The highest BCUT2D eigenvalue weighted by molar-refractivity contribution is 5.29. The van der Waals surface area contributed by atoms with Crippen LogP contribution < -0.4 is 4.74 Å². The lowest BCUT2D eigenvalue weighted by Gasteiger charge is -2.07. The summed E-state index contributed by atoms with van der Waals surface area (Å²) in [5, 5.41) is 8.94. The molecule has 4 heteroatoms. The molecule has 88 valence electrons. The molecular formula is C13H12FNO2. The van der Waals surface area contributed by atoms with Crippen molar-refractivity contribution in [3.8, 4) is 5.75 Å². The van der Waals surface area contributed by atoms with Gasteiger partial charge in [-0.05, 0) is 23.8 Å². The van der Waals surface area contributed by atoms with E-state index in [2.05, 4.69) is 4.98 Å². The topological polar surface area (TPSA) is 42.4 Å². The molecule has 17 heavy (non-hydrogen) atoms. The van der Waals surface area contributed by atoms with Gasteiger partial charge in [0.2, 0.25) is 0 Å². The summed E-state index contributed by atoms with van der Waals surface area (Å²) < 4.78 is 18.6. The first kappa shape index (κ1) is 11.5. The van der Waals surface area contributed by atoms with Crippen molar-refractivity contribution in [1.82, 2.24) is 4.98 Å². The van der Waals surface area contributed by atoms with Crippen LogP contribution in [0.25, 0.3) is 0 Å². The number of halogens is 1. The number of nitrogens with zero attached hydrogens (tertiary/aromatic N) is 1. The second-order valence-electron chi connectivity index (χ2n) is 3.60. The van der Waals surface area contributed by atoms with Crippen molar-refractivity contribution in [1.29, 1.82) is 0 Å². The zero-order valence-corrected chi connectivity index (χ0v) is 9.14. The lowest BCUT2D eigenvalue weighted by molar-refractivity contribution is 0.276. The van der Waals surface area contributed by atoms with E-state index in [1.165, 1.54) is 12.1 Å². The Kier molecular flexibility index (Phi) is 3.67. The van der Waals surface area contributed by atoms with Gasteiger partial charge < -0.3 is 9.84 Å². The van der Waals surface area contributed by atoms with E-state index < -0.39 is 5.82 Å². The summed E-state index contributed by atoms with van der Waals surface area (Å²) in [5.41, 5.74) is 1.40. The number of hydrogen-bond donors (Lipinski definition) is 1. The smallest absolute Gasteiger partial charge is 0.127 e. The molecule has 0 aliphatic heterocycles. The first-order chi connectivity index (χ1) is 8.28. The van der Waals surface area contributed by atoms with Gasteiger partial charge in [-0.3, -0.25) is 4.98 Å². The van der Waals surface area contributed by atoms with Crippen LogP contribution >= 0.6 is 0 Å². The second-order valence-corrected chi connectivity index (χ2v) is 3.60. The molecule has 0 aliphatic carbocycles. The average molecular weight is 233 g/mol. The minimum absolute atomic E-state index is 0.207. The molecule has 0 unspecified atom stereocenters. The molecule has 2 rings (SSSR count). The maximum Gasteiger partial charge on any atom is 0.127 e. The van der Waals surface area contributed by atoms with E-state index in [1.54, 1.807) is 18.5 Å². The van der Waals surface area contributed by atoms with Crippen LogP contribution in [0.5, 0.6) is 5.75 Å². The Morgan fingerprint density at radius 1 is 1.24 bits per heavy atom. The quantitative estimate of drug-likeness (QED) is 0.881. The fourth-order valence-electron chi connectivity index (χ4n) is 1.45. The van der Waals surface area contributed by atoms with Crippen molar-refractivity contribution < 1.29 is 14.2 Å². The van der Waals surface area contributed by atoms with E-state index >= 15 is 0 Å². The summed E-state index contributed by atoms with van der Waals surface area (Å²) in [6.45, 7) is 0.114. The molecule has 3 nitrogen and oxygen atoms in total. The Labute approximate surface area is 98.5 Å². The number of benzene rings is 1. The molecule has 1 heterocycles. The lowest BCUT2D eigenvalue weighted by Crippen LogP contribution is -1.97. The Hall–Kier alpha value is -1.94. The van der Waals surface area contributed by atoms with Gasteiger partial charge in [0.05, 0.1) is 6.61 Å². The third-order valence-electron chi connectivity index (χ3n) is 2.24. The van der Waals surface area contributed by atoms with Gasteiger partial charge in [-0.25, -0.2) is 4.39 Å². The fraction of sp³-hybridized carbons (Fsp3) is 0.154. The fourth-order valence-corrected chi connectivity index (χ4v) is 1.45. The molecule has 1 aromatic carbocycles. The molecule has 0 spiro atoms. The molecule has 0 bridgehead atoms. The number of aromatic nitrogens is 1. The summed E-state index contributed by atoms with van der Waals surface area (Å²) in [5.74, 6) is -0.0179. The molecule has 1 N–H and O–H groups in total. The zero-order valence-electron chi connectivity index (χ0n) is 9.14. The van der Waals surface area contributed by atoms with E-state index in [4.69, 9.17) is 9.84 Å². The number of rotatable bonds is 4. The van der Waals surface area contributed by atoms with Crippen LogP contribution in [0.1, 0.15) is 11.1 Å². The minimum Gasteiger partial charge on any atom is -0.489 e. The number of ether oxygens (including phenoxy) is 1. The van der Waals surface area contributed by atoms with Crippen LogP contribution in [0.15, 0.2) is 42.7 Å².